The zero-order chi connectivity index (χ0) is 20.4. The molecule has 2 heteroatoms. The Kier molecular flexibility index (Phi) is 9.57. The Morgan fingerprint density at radius 1 is 0.893 bits per heavy atom. The first-order chi connectivity index (χ1) is 13.7. The van der Waals surface area contributed by atoms with Gasteiger partial charge < -0.3 is 4.74 Å². The van der Waals surface area contributed by atoms with Crippen LogP contribution in [0.3, 0.4) is 0 Å². The zero-order valence-electron chi connectivity index (χ0n) is 19.1. The van der Waals surface area contributed by atoms with Gasteiger partial charge in [0.25, 0.3) is 0 Å². The smallest absolute Gasteiger partial charge is 0.121 e. The highest BCUT2D eigenvalue weighted by Gasteiger charge is 2.38. The molecule has 0 unspecified atom stereocenters. The quantitative estimate of drug-likeness (QED) is 0.250. The van der Waals surface area contributed by atoms with Crippen LogP contribution in [0.15, 0.2) is 35.6 Å². The van der Waals surface area contributed by atoms with E-state index in [-0.39, 0.29) is 0 Å². The van der Waals surface area contributed by atoms with E-state index < -0.39 is 8.07 Å². The van der Waals surface area contributed by atoms with Gasteiger partial charge in [0.1, 0.15) is 13.8 Å². The van der Waals surface area contributed by atoms with Crippen molar-refractivity contribution in [1.29, 1.82) is 0 Å². The molecule has 0 fully saturated rings. The highest BCUT2D eigenvalue weighted by atomic mass is 28.3. The summed E-state index contributed by atoms with van der Waals surface area (Å²) in [4.78, 5) is 0. The summed E-state index contributed by atoms with van der Waals surface area (Å²) in [5.74, 6) is 1.22. The number of allylic oxidation sites excluding steroid dienone is 4. The van der Waals surface area contributed by atoms with E-state index in [0.717, 1.165) is 12.8 Å². The molecule has 1 aliphatic rings. The number of hydrogen-bond donors (Lipinski definition) is 0. The van der Waals surface area contributed by atoms with Crippen molar-refractivity contribution in [1.82, 2.24) is 0 Å². The van der Waals surface area contributed by atoms with Crippen molar-refractivity contribution in [2.75, 3.05) is 7.11 Å². The second kappa shape index (κ2) is 11.7. The summed E-state index contributed by atoms with van der Waals surface area (Å²) in [6.07, 6.45) is 18.3. The number of ether oxygens (including phenoxy) is 1. The van der Waals surface area contributed by atoms with Crippen molar-refractivity contribution in [2.45, 2.75) is 97.6 Å². The Morgan fingerprint density at radius 2 is 1.57 bits per heavy atom. The Labute approximate surface area is 175 Å². The maximum Gasteiger partial charge on any atom is 0.121 e. The Bertz CT molecular complexity index is 667. The molecule has 156 valence electrons. The lowest BCUT2D eigenvalue weighted by atomic mass is 10.00. The lowest BCUT2D eigenvalue weighted by Gasteiger charge is -2.34. The summed E-state index contributed by atoms with van der Waals surface area (Å²) < 4.78 is 6.14. The number of unbranched alkanes of at least 4 members (excludes halogenated alkanes) is 4. The van der Waals surface area contributed by atoms with Crippen molar-refractivity contribution < 1.29 is 4.74 Å². The molecule has 2 rings (SSSR count). The van der Waals surface area contributed by atoms with Crippen molar-refractivity contribution in [2.24, 2.45) is 0 Å². The first-order valence-corrected chi connectivity index (χ1v) is 14.1. The SMILES string of the molecule is CCCCCc1cc(CCCCC)c(OC)c([Si](CC)(CC)C2=CC=CC2)c1. The van der Waals surface area contributed by atoms with E-state index in [4.69, 9.17) is 4.74 Å². The molecule has 0 aromatic heterocycles. The van der Waals surface area contributed by atoms with Crippen LogP contribution in [0.4, 0.5) is 0 Å². The van der Waals surface area contributed by atoms with E-state index in [1.54, 1.807) is 15.9 Å². The van der Waals surface area contributed by atoms with Gasteiger partial charge in [0.05, 0.1) is 7.11 Å². The van der Waals surface area contributed by atoms with Crippen LogP contribution >= 0.6 is 0 Å². The average molecular weight is 399 g/mol. The lowest BCUT2D eigenvalue weighted by Crippen LogP contribution is -2.49. The average Bonchev–Trinajstić information content (AvgIpc) is 3.25. The van der Waals surface area contributed by atoms with Gasteiger partial charge in [-0.1, -0.05) is 101 Å². The monoisotopic (exact) mass is 398 g/mol. The van der Waals surface area contributed by atoms with Crippen molar-refractivity contribution in [3.63, 3.8) is 0 Å². The van der Waals surface area contributed by atoms with Gasteiger partial charge in [0.2, 0.25) is 0 Å². The van der Waals surface area contributed by atoms with E-state index in [2.05, 4.69) is 58.1 Å². The fourth-order valence-electron chi connectivity index (χ4n) is 4.89. The predicted molar refractivity (Wildman–Crippen MR) is 128 cm³/mol. The predicted octanol–water partition coefficient (Wildman–Crippen LogP) is 7.28. The maximum atomic E-state index is 6.14. The minimum atomic E-state index is -1.74. The Balaban J connectivity index is 2.53. The van der Waals surface area contributed by atoms with Crippen LogP contribution in [-0.2, 0) is 12.8 Å². The normalized spacial score (nSPS) is 13.8. The molecular formula is C26H42OSi. The second-order valence-electron chi connectivity index (χ2n) is 8.36. The largest absolute Gasteiger partial charge is 0.497 e. The molecule has 1 aromatic carbocycles. The van der Waals surface area contributed by atoms with E-state index in [1.807, 2.05) is 7.11 Å². The molecular weight excluding hydrogens is 356 g/mol. The summed E-state index contributed by atoms with van der Waals surface area (Å²) >= 11 is 0. The van der Waals surface area contributed by atoms with Crippen molar-refractivity contribution >= 4 is 13.3 Å². The zero-order valence-corrected chi connectivity index (χ0v) is 20.1. The van der Waals surface area contributed by atoms with Crippen LogP contribution in [0.1, 0.15) is 83.8 Å². The van der Waals surface area contributed by atoms with Gasteiger partial charge in [-0.25, -0.2) is 0 Å². The molecule has 0 radical (unpaired) electrons. The van der Waals surface area contributed by atoms with Gasteiger partial charge in [0.15, 0.2) is 0 Å². The van der Waals surface area contributed by atoms with Gasteiger partial charge in [-0.15, -0.1) is 0 Å². The third-order valence-electron chi connectivity index (χ3n) is 6.66. The third kappa shape index (κ3) is 5.20. The molecule has 0 N–H and O–H groups in total. The summed E-state index contributed by atoms with van der Waals surface area (Å²) in [6, 6.07) is 7.55. The van der Waals surface area contributed by atoms with Crippen LogP contribution in [0.5, 0.6) is 5.75 Å². The molecule has 0 amide bonds. The molecule has 0 spiro atoms. The topological polar surface area (TPSA) is 9.23 Å². The third-order valence-corrected chi connectivity index (χ3v) is 12.1. The number of methoxy groups -OCH3 is 1. The van der Waals surface area contributed by atoms with Crippen molar-refractivity contribution in [3.05, 3.63) is 46.7 Å². The van der Waals surface area contributed by atoms with Gasteiger partial charge in [-0.2, -0.15) is 0 Å². The van der Waals surface area contributed by atoms with Crippen LogP contribution in [0.25, 0.3) is 0 Å². The molecule has 0 aliphatic heterocycles. The van der Waals surface area contributed by atoms with E-state index in [1.165, 1.54) is 68.3 Å². The molecule has 1 nitrogen and oxygen atoms in total. The minimum Gasteiger partial charge on any atom is -0.497 e. The van der Waals surface area contributed by atoms with E-state index in [0.29, 0.717) is 0 Å². The maximum absolute atomic E-state index is 6.14. The molecule has 0 heterocycles. The second-order valence-corrected chi connectivity index (χ2v) is 13.1. The number of hydrogen-bond acceptors (Lipinski definition) is 1. The lowest BCUT2D eigenvalue weighted by molar-refractivity contribution is 0.411. The Hall–Kier alpha value is -1.28. The fourth-order valence-corrected chi connectivity index (χ4v) is 9.48. The van der Waals surface area contributed by atoms with E-state index in [9.17, 15) is 0 Å². The molecule has 0 bridgehead atoms. The molecule has 28 heavy (non-hydrogen) atoms. The first-order valence-electron chi connectivity index (χ1n) is 11.7. The molecule has 1 aliphatic carbocycles. The van der Waals surface area contributed by atoms with Gasteiger partial charge >= 0.3 is 0 Å². The molecule has 1 aromatic rings. The van der Waals surface area contributed by atoms with Crippen molar-refractivity contribution in [3.8, 4) is 5.75 Å². The van der Waals surface area contributed by atoms with Crippen LogP contribution in [0.2, 0.25) is 12.1 Å². The number of benzene rings is 1. The molecule has 0 saturated heterocycles. The summed E-state index contributed by atoms with van der Waals surface area (Å²) in [7, 11) is 0.157. The van der Waals surface area contributed by atoms with E-state index >= 15 is 0 Å². The molecule has 0 atom stereocenters. The van der Waals surface area contributed by atoms with Crippen LogP contribution < -0.4 is 9.92 Å². The first kappa shape index (κ1) is 23.0. The summed E-state index contributed by atoms with van der Waals surface area (Å²) in [5, 5.41) is 3.27. The number of aryl methyl sites for hydroxylation is 2. The highest BCUT2D eigenvalue weighted by molar-refractivity contribution is 6.98. The van der Waals surface area contributed by atoms with Crippen LogP contribution in [-0.4, -0.2) is 15.2 Å². The standard InChI is InChI=1S/C26H42OSi/c1-6-10-12-16-22-20-23(17-13-11-7-2)26(27-5)25(21-22)28(8-3,9-4)24-18-14-15-19-24/h14-15,18,20-21H,6-13,16-17,19H2,1-5H3. The van der Waals surface area contributed by atoms with Crippen LogP contribution in [0, 0.1) is 0 Å². The minimum absolute atomic E-state index is 1.14. The number of rotatable bonds is 13. The van der Waals surface area contributed by atoms with Gasteiger partial charge in [-0.05, 0) is 48.4 Å². The summed E-state index contributed by atoms with van der Waals surface area (Å²) in [5.41, 5.74) is 3.01. The van der Waals surface area contributed by atoms with Gasteiger partial charge in [-0.3, -0.25) is 0 Å². The van der Waals surface area contributed by atoms with Gasteiger partial charge in [0, 0.05) is 0 Å². The molecule has 0 saturated carbocycles. The summed E-state index contributed by atoms with van der Waals surface area (Å²) in [6.45, 7) is 9.40. The fraction of sp³-hybridized carbons (Fsp3) is 0.615. The Morgan fingerprint density at radius 3 is 2.11 bits per heavy atom. The highest BCUT2D eigenvalue weighted by Crippen LogP contribution is 2.35.